The van der Waals surface area contributed by atoms with Crippen LogP contribution < -0.4 is 15.4 Å². The summed E-state index contributed by atoms with van der Waals surface area (Å²) in [4.78, 5) is 0. The first-order chi connectivity index (χ1) is 10.3. The Morgan fingerprint density at radius 2 is 2.14 bits per heavy atom. The molecule has 4 nitrogen and oxygen atoms in total. The highest BCUT2D eigenvalue weighted by atomic mass is 16.5. The van der Waals surface area contributed by atoms with Crippen LogP contribution in [0.15, 0.2) is 36.4 Å². The van der Waals surface area contributed by atoms with E-state index in [1.165, 1.54) is 11.1 Å². The summed E-state index contributed by atoms with van der Waals surface area (Å²) in [6.45, 7) is 1.88. The van der Waals surface area contributed by atoms with Gasteiger partial charge in [0.05, 0.1) is 18.4 Å². The third-order valence-corrected chi connectivity index (χ3v) is 3.76. The number of hydrogen-bond donors (Lipinski definition) is 2. The van der Waals surface area contributed by atoms with Crippen molar-refractivity contribution in [2.24, 2.45) is 0 Å². The molecule has 4 heteroatoms. The number of benzene rings is 2. The van der Waals surface area contributed by atoms with Crippen molar-refractivity contribution >= 4 is 11.4 Å². The van der Waals surface area contributed by atoms with Crippen LogP contribution in [0.4, 0.5) is 11.4 Å². The summed E-state index contributed by atoms with van der Waals surface area (Å²) in [7, 11) is 1.63. The number of nitriles is 1. The molecule has 0 unspecified atom stereocenters. The largest absolute Gasteiger partial charge is 0.497 e. The SMILES string of the molecule is COc1ccc(C#N)c(Nc2cccc3c2CCNC3)c1. The number of fused-ring (bicyclic) bond motifs is 1. The van der Waals surface area contributed by atoms with Gasteiger partial charge in [-0.3, -0.25) is 0 Å². The molecule has 0 amide bonds. The number of anilines is 2. The molecule has 0 radical (unpaired) electrons. The molecule has 0 saturated carbocycles. The molecule has 0 aromatic heterocycles. The summed E-state index contributed by atoms with van der Waals surface area (Å²) in [5.41, 5.74) is 5.10. The second-order valence-corrected chi connectivity index (χ2v) is 5.02. The summed E-state index contributed by atoms with van der Waals surface area (Å²) in [5, 5.41) is 16.0. The minimum atomic E-state index is 0.613. The Hall–Kier alpha value is -2.51. The standard InChI is InChI=1S/C17H17N3O/c1-21-14-6-5-12(10-18)17(9-14)20-16-4-2-3-13-11-19-8-7-15(13)16/h2-6,9,19-20H,7-8,11H2,1H3. The zero-order valence-corrected chi connectivity index (χ0v) is 11.9. The number of nitrogens with one attached hydrogen (secondary N) is 2. The number of nitrogens with zero attached hydrogens (tertiary/aromatic N) is 1. The number of hydrogen-bond acceptors (Lipinski definition) is 4. The highest BCUT2D eigenvalue weighted by Crippen LogP contribution is 2.29. The fourth-order valence-electron chi connectivity index (χ4n) is 2.65. The van der Waals surface area contributed by atoms with Gasteiger partial charge in [0.25, 0.3) is 0 Å². The second kappa shape index (κ2) is 5.86. The smallest absolute Gasteiger partial charge is 0.121 e. The maximum absolute atomic E-state index is 9.26. The summed E-state index contributed by atoms with van der Waals surface area (Å²) >= 11 is 0. The van der Waals surface area contributed by atoms with Crippen molar-refractivity contribution in [1.29, 1.82) is 5.26 Å². The normalized spacial score (nSPS) is 13.1. The van der Waals surface area contributed by atoms with Gasteiger partial charge in [0.2, 0.25) is 0 Å². The second-order valence-electron chi connectivity index (χ2n) is 5.02. The third kappa shape index (κ3) is 2.69. The molecular formula is C17H17N3O. The van der Waals surface area contributed by atoms with Crippen LogP contribution in [0, 0.1) is 11.3 Å². The van der Waals surface area contributed by atoms with Crippen LogP contribution in [0.3, 0.4) is 0 Å². The lowest BCUT2D eigenvalue weighted by molar-refractivity contribution is 0.415. The van der Waals surface area contributed by atoms with E-state index < -0.39 is 0 Å². The van der Waals surface area contributed by atoms with E-state index >= 15 is 0 Å². The first-order valence-corrected chi connectivity index (χ1v) is 6.98. The maximum atomic E-state index is 9.26. The predicted molar refractivity (Wildman–Crippen MR) is 82.8 cm³/mol. The average molecular weight is 279 g/mol. The fraction of sp³-hybridized carbons (Fsp3) is 0.235. The van der Waals surface area contributed by atoms with Crippen LogP contribution in [0.1, 0.15) is 16.7 Å². The van der Waals surface area contributed by atoms with Crippen molar-refractivity contribution in [3.8, 4) is 11.8 Å². The summed E-state index contributed by atoms with van der Waals surface area (Å²) in [6, 6.07) is 13.9. The molecule has 0 spiro atoms. The maximum Gasteiger partial charge on any atom is 0.121 e. The monoisotopic (exact) mass is 279 g/mol. The molecule has 2 N–H and O–H groups in total. The minimum Gasteiger partial charge on any atom is -0.497 e. The molecule has 1 heterocycles. The van der Waals surface area contributed by atoms with Gasteiger partial charge in [0.15, 0.2) is 0 Å². The first kappa shape index (κ1) is 13.5. The van der Waals surface area contributed by atoms with E-state index in [9.17, 15) is 5.26 Å². The molecule has 1 aliphatic rings. The van der Waals surface area contributed by atoms with E-state index in [0.29, 0.717) is 5.56 Å². The summed E-state index contributed by atoms with van der Waals surface area (Å²) in [6.07, 6.45) is 0.990. The van der Waals surface area contributed by atoms with Crippen molar-refractivity contribution in [2.75, 3.05) is 19.0 Å². The van der Waals surface area contributed by atoms with Crippen LogP contribution in [-0.2, 0) is 13.0 Å². The predicted octanol–water partition coefficient (Wildman–Crippen LogP) is 2.96. The molecule has 1 aliphatic heterocycles. The van der Waals surface area contributed by atoms with Gasteiger partial charge in [-0.05, 0) is 42.3 Å². The molecular weight excluding hydrogens is 262 g/mol. The topological polar surface area (TPSA) is 57.1 Å². The molecule has 3 rings (SSSR count). The van der Waals surface area contributed by atoms with Gasteiger partial charge in [-0.2, -0.15) is 5.26 Å². The van der Waals surface area contributed by atoms with Crippen LogP contribution in [0.2, 0.25) is 0 Å². The van der Waals surface area contributed by atoms with E-state index in [2.05, 4.69) is 28.8 Å². The minimum absolute atomic E-state index is 0.613. The van der Waals surface area contributed by atoms with Crippen LogP contribution in [0.25, 0.3) is 0 Å². The molecule has 21 heavy (non-hydrogen) atoms. The van der Waals surface area contributed by atoms with Gasteiger partial charge in [-0.15, -0.1) is 0 Å². The molecule has 0 bridgehead atoms. The number of methoxy groups -OCH3 is 1. The molecule has 2 aromatic rings. The van der Waals surface area contributed by atoms with E-state index in [4.69, 9.17) is 4.74 Å². The Balaban J connectivity index is 1.99. The lowest BCUT2D eigenvalue weighted by Gasteiger charge is -2.21. The van der Waals surface area contributed by atoms with E-state index in [1.807, 2.05) is 12.1 Å². The molecule has 106 valence electrons. The number of ether oxygens (including phenoxy) is 1. The van der Waals surface area contributed by atoms with Crippen LogP contribution >= 0.6 is 0 Å². The highest BCUT2D eigenvalue weighted by molar-refractivity contribution is 5.71. The fourth-order valence-corrected chi connectivity index (χ4v) is 2.65. The molecule has 0 aliphatic carbocycles. The van der Waals surface area contributed by atoms with E-state index in [0.717, 1.165) is 36.6 Å². The first-order valence-electron chi connectivity index (χ1n) is 6.98. The van der Waals surface area contributed by atoms with Crippen LogP contribution in [0.5, 0.6) is 5.75 Å². The summed E-state index contributed by atoms with van der Waals surface area (Å²) < 4.78 is 5.25. The summed E-state index contributed by atoms with van der Waals surface area (Å²) in [5.74, 6) is 0.739. The van der Waals surface area contributed by atoms with E-state index in [1.54, 1.807) is 19.2 Å². The van der Waals surface area contributed by atoms with Gasteiger partial charge in [-0.25, -0.2) is 0 Å². The van der Waals surface area contributed by atoms with Gasteiger partial charge in [0, 0.05) is 18.3 Å². The van der Waals surface area contributed by atoms with Crippen molar-refractivity contribution in [3.63, 3.8) is 0 Å². The quantitative estimate of drug-likeness (QED) is 0.907. The Morgan fingerprint density at radius 1 is 1.24 bits per heavy atom. The molecule has 2 aromatic carbocycles. The molecule has 0 fully saturated rings. The zero-order chi connectivity index (χ0) is 14.7. The van der Waals surface area contributed by atoms with Crippen molar-refractivity contribution in [2.45, 2.75) is 13.0 Å². The van der Waals surface area contributed by atoms with E-state index in [-0.39, 0.29) is 0 Å². The lowest BCUT2D eigenvalue weighted by Crippen LogP contribution is -2.24. The highest BCUT2D eigenvalue weighted by Gasteiger charge is 2.13. The van der Waals surface area contributed by atoms with Crippen molar-refractivity contribution < 1.29 is 4.74 Å². The van der Waals surface area contributed by atoms with Crippen molar-refractivity contribution in [1.82, 2.24) is 5.32 Å². The van der Waals surface area contributed by atoms with Gasteiger partial charge >= 0.3 is 0 Å². The molecule has 0 atom stereocenters. The Morgan fingerprint density at radius 3 is 2.95 bits per heavy atom. The van der Waals surface area contributed by atoms with Crippen LogP contribution in [-0.4, -0.2) is 13.7 Å². The number of rotatable bonds is 3. The Labute approximate surface area is 124 Å². The Kier molecular flexibility index (Phi) is 3.76. The van der Waals surface area contributed by atoms with Gasteiger partial charge in [0.1, 0.15) is 11.8 Å². The van der Waals surface area contributed by atoms with Gasteiger partial charge in [-0.1, -0.05) is 12.1 Å². The van der Waals surface area contributed by atoms with Gasteiger partial charge < -0.3 is 15.4 Å². The Bertz CT molecular complexity index is 704. The average Bonchev–Trinajstić information content (AvgIpc) is 2.55. The zero-order valence-electron chi connectivity index (χ0n) is 11.9. The lowest BCUT2D eigenvalue weighted by atomic mass is 9.98. The molecule has 0 saturated heterocycles. The van der Waals surface area contributed by atoms with Crippen molar-refractivity contribution in [3.05, 3.63) is 53.1 Å². The third-order valence-electron chi connectivity index (χ3n) is 3.76.